The number of hydrogen-bond acceptors (Lipinski definition) is 3. The second-order valence-electron chi connectivity index (χ2n) is 3.91. The average Bonchev–Trinajstić information content (AvgIpc) is 2.38. The topological polar surface area (TPSA) is 69.6 Å². The third-order valence-electron chi connectivity index (χ3n) is 2.47. The van der Waals surface area contributed by atoms with Crippen LogP contribution in [0, 0.1) is 0 Å². The molecule has 104 valence electrons. The third-order valence-corrected chi connectivity index (χ3v) is 3.38. The molecule has 0 saturated carbocycles. The minimum Gasteiger partial charge on any atom is -0.508 e. The average molecular weight is 333 g/mol. The first-order valence-electron chi connectivity index (χ1n) is 5.36. The van der Waals surface area contributed by atoms with Crippen LogP contribution in [0.4, 0.5) is 5.69 Å². The first-order chi connectivity index (χ1) is 9.38. The molecule has 0 aromatic heterocycles. The lowest BCUT2D eigenvalue weighted by Crippen LogP contribution is -2.12. The van der Waals surface area contributed by atoms with E-state index in [2.05, 4.69) is 5.32 Å². The second kappa shape index (κ2) is 5.79. The molecule has 2 aromatic carbocycles. The van der Waals surface area contributed by atoms with Gasteiger partial charge in [0.1, 0.15) is 5.75 Å². The molecule has 0 spiro atoms. The van der Waals surface area contributed by atoms with Gasteiger partial charge in [-0.25, -0.2) is 0 Å². The third kappa shape index (κ3) is 3.10. The summed E-state index contributed by atoms with van der Waals surface area (Å²) in [7, 11) is 0. The van der Waals surface area contributed by atoms with Gasteiger partial charge in [0.2, 0.25) is 0 Å². The van der Waals surface area contributed by atoms with Crippen molar-refractivity contribution in [2.45, 2.75) is 0 Å². The summed E-state index contributed by atoms with van der Waals surface area (Å²) >= 11 is 17.4. The maximum atomic E-state index is 12.0. The molecule has 0 aliphatic carbocycles. The van der Waals surface area contributed by atoms with Crippen LogP contribution in [0.25, 0.3) is 0 Å². The zero-order valence-electron chi connectivity index (χ0n) is 9.82. The fourth-order valence-corrected chi connectivity index (χ4v) is 2.21. The zero-order chi connectivity index (χ0) is 14.9. The smallest absolute Gasteiger partial charge is 0.257 e. The molecule has 2 rings (SSSR count). The molecule has 0 atom stereocenters. The lowest BCUT2D eigenvalue weighted by Gasteiger charge is -2.09. The predicted molar refractivity (Wildman–Crippen MR) is 79.2 cm³/mol. The van der Waals surface area contributed by atoms with Gasteiger partial charge < -0.3 is 15.5 Å². The number of aromatic hydroxyl groups is 2. The molecule has 0 radical (unpaired) electrons. The lowest BCUT2D eigenvalue weighted by atomic mass is 10.2. The number of hydrogen-bond donors (Lipinski definition) is 3. The molecule has 0 unspecified atom stereocenters. The van der Waals surface area contributed by atoms with Crippen LogP contribution < -0.4 is 5.32 Å². The molecule has 7 heteroatoms. The summed E-state index contributed by atoms with van der Waals surface area (Å²) in [5.41, 5.74) is 0.397. The molecule has 0 aliphatic heterocycles. The van der Waals surface area contributed by atoms with E-state index in [1.165, 1.54) is 30.3 Å². The van der Waals surface area contributed by atoms with E-state index in [0.717, 1.165) is 0 Å². The Labute approximate surface area is 129 Å². The summed E-state index contributed by atoms with van der Waals surface area (Å²) in [6, 6.07) is 6.70. The van der Waals surface area contributed by atoms with Crippen LogP contribution in [-0.2, 0) is 0 Å². The Hall–Kier alpha value is -1.62. The summed E-state index contributed by atoms with van der Waals surface area (Å²) in [6.07, 6.45) is 0. The van der Waals surface area contributed by atoms with E-state index in [4.69, 9.17) is 34.8 Å². The van der Waals surface area contributed by atoms with Crippen LogP contribution in [0.1, 0.15) is 10.4 Å². The highest BCUT2D eigenvalue weighted by atomic mass is 35.5. The number of phenolic OH excluding ortho intramolecular Hbond substituents is 2. The van der Waals surface area contributed by atoms with E-state index in [-0.39, 0.29) is 32.1 Å². The van der Waals surface area contributed by atoms with Gasteiger partial charge in [0, 0.05) is 5.69 Å². The quantitative estimate of drug-likeness (QED) is 0.718. The summed E-state index contributed by atoms with van der Waals surface area (Å²) in [6.45, 7) is 0. The summed E-state index contributed by atoms with van der Waals surface area (Å²) in [5.74, 6) is -0.883. The number of nitrogens with one attached hydrogen (secondary N) is 1. The van der Waals surface area contributed by atoms with Crippen molar-refractivity contribution in [2.75, 3.05) is 5.32 Å². The van der Waals surface area contributed by atoms with E-state index < -0.39 is 5.91 Å². The van der Waals surface area contributed by atoms with Crippen molar-refractivity contribution in [3.63, 3.8) is 0 Å². The number of amides is 1. The number of anilines is 1. The van der Waals surface area contributed by atoms with E-state index in [0.29, 0.717) is 5.69 Å². The van der Waals surface area contributed by atoms with Gasteiger partial charge in [-0.3, -0.25) is 4.79 Å². The van der Waals surface area contributed by atoms with Crippen LogP contribution in [0.3, 0.4) is 0 Å². The van der Waals surface area contributed by atoms with Gasteiger partial charge in [-0.05, 0) is 30.3 Å². The number of phenols is 2. The minimum atomic E-state index is -0.538. The Morgan fingerprint density at radius 2 is 1.55 bits per heavy atom. The molecule has 3 N–H and O–H groups in total. The van der Waals surface area contributed by atoms with Crippen LogP contribution in [-0.4, -0.2) is 16.1 Å². The van der Waals surface area contributed by atoms with Crippen LogP contribution in [0.15, 0.2) is 30.3 Å². The van der Waals surface area contributed by atoms with Crippen molar-refractivity contribution in [3.05, 3.63) is 51.0 Å². The van der Waals surface area contributed by atoms with Gasteiger partial charge in [0.15, 0.2) is 5.75 Å². The lowest BCUT2D eigenvalue weighted by molar-refractivity contribution is 0.102. The highest BCUT2D eigenvalue weighted by Gasteiger charge is 2.13. The van der Waals surface area contributed by atoms with E-state index >= 15 is 0 Å². The first kappa shape index (κ1) is 14.8. The molecule has 0 fully saturated rings. The maximum Gasteiger partial charge on any atom is 0.257 e. The van der Waals surface area contributed by atoms with Gasteiger partial charge in [0.25, 0.3) is 5.91 Å². The summed E-state index contributed by atoms with van der Waals surface area (Å²) < 4.78 is 0. The monoisotopic (exact) mass is 331 g/mol. The van der Waals surface area contributed by atoms with Crippen molar-refractivity contribution in [1.82, 2.24) is 0 Å². The SMILES string of the molecule is O=C(Nc1cc(Cl)c(O)c(Cl)c1)c1cc(O)ccc1Cl. The molecule has 0 bridgehead atoms. The first-order valence-corrected chi connectivity index (χ1v) is 6.49. The zero-order valence-corrected chi connectivity index (χ0v) is 12.1. The van der Waals surface area contributed by atoms with Crippen molar-refractivity contribution in [1.29, 1.82) is 0 Å². The van der Waals surface area contributed by atoms with Gasteiger partial charge in [-0.2, -0.15) is 0 Å². The predicted octanol–water partition coefficient (Wildman–Crippen LogP) is 4.31. The minimum absolute atomic E-state index is 0.00908. The number of carbonyl (C=O) groups is 1. The highest BCUT2D eigenvalue weighted by Crippen LogP contribution is 2.35. The van der Waals surface area contributed by atoms with Crippen LogP contribution in [0.2, 0.25) is 15.1 Å². The van der Waals surface area contributed by atoms with Gasteiger partial charge in [-0.15, -0.1) is 0 Å². The fourth-order valence-electron chi connectivity index (χ4n) is 1.52. The number of halogens is 3. The maximum absolute atomic E-state index is 12.0. The Morgan fingerprint density at radius 1 is 0.950 bits per heavy atom. The van der Waals surface area contributed by atoms with Crippen LogP contribution in [0.5, 0.6) is 11.5 Å². The van der Waals surface area contributed by atoms with Gasteiger partial charge in [-0.1, -0.05) is 34.8 Å². The van der Waals surface area contributed by atoms with Crippen molar-refractivity contribution >= 4 is 46.4 Å². The molecule has 2 aromatic rings. The van der Waals surface area contributed by atoms with E-state index in [1.807, 2.05) is 0 Å². The Morgan fingerprint density at radius 3 is 2.15 bits per heavy atom. The molecule has 1 amide bonds. The summed E-state index contributed by atoms with van der Waals surface area (Å²) in [5, 5.41) is 21.5. The number of benzene rings is 2. The molecule has 4 nitrogen and oxygen atoms in total. The van der Waals surface area contributed by atoms with Crippen molar-refractivity contribution < 1.29 is 15.0 Å². The van der Waals surface area contributed by atoms with E-state index in [1.54, 1.807) is 0 Å². The Bertz CT molecular complexity index is 666. The fraction of sp³-hybridized carbons (Fsp3) is 0. The highest BCUT2D eigenvalue weighted by molar-refractivity contribution is 6.38. The van der Waals surface area contributed by atoms with Crippen molar-refractivity contribution in [2.24, 2.45) is 0 Å². The van der Waals surface area contributed by atoms with E-state index in [9.17, 15) is 15.0 Å². The molecule has 0 saturated heterocycles. The summed E-state index contributed by atoms with van der Waals surface area (Å²) in [4.78, 5) is 12.0. The van der Waals surface area contributed by atoms with Gasteiger partial charge in [0.05, 0.1) is 20.6 Å². The van der Waals surface area contributed by atoms with Gasteiger partial charge >= 0.3 is 0 Å². The molecule has 20 heavy (non-hydrogen) atoms. The van der Waals surface area contributed by atoms with Crippen LogP contribution >= 0.6 is 34.8 Å². The second-order valence-corrected chi connectivity index (χ2v) is 5.13. The Kier molecular flexibility index (Phi) is 4.28. The molecular formula is C13H8Cl3NO3. The molecule has 0 aliphatic rings. The Balaban J connectivity index is 2.30. The molecule has 0 heterocycles. The van der Waals surface area contributed by atoms with Crippen molar-refractivity contribution in [3.8, 4) is 11.5 Å². The number of rotatable bonds is 2. The largest absolute Gasteiger partial charge is 0.508 e. The number of carbonyl (C=O) groups excluding carboxylic acids is 1. The standard InChI is InChI=1S/C13H8Cl3NO3/c14-9-2-1-7(18)5-8(9)13(20)17-6-3-10(15)12(19)11(16)4-6/h1-5,18-19H,(H,17,20). The normalized spacial score (nSPS) is 10.3. The molecular weight excluding hydrogens is 325 g/mol.